The topological polar surface area (TPSA) is 51.8 Å². The predicted octanol–water partition coefficient (Wildman–Crippen LogP) is 5.13. The molecule has 0 radical (unpaired) electrons. The van der Waals surface area contributed by atoms with Crippen molar-refractivity contribution in [3.05, 3.63) is 89.3 Å². The largest absolute Gasteiger partial charge is 0.497 e. The van der Waals surface area contributed by atoms with Crippen LogP contribution in [0.5, 0.6) is 5.75 Å². The second-order valence-electron chi connectivity index (χ2n) is 6.67. The van der Waals surface area contributed by atoms with Crippen LogP contribution in [0.1, 0.15) is 12.6 Å². The van der Waals surface area contributed by atoms with Crippen LogP contribution in [0, 0.1) is 0 Å². The first kappa shape index (κ1) is 19.8. The van der Waals surface area contributed by atoms with Gasteiger partial charge in [0.05, 0.1) is 30.8 Å². The summed E-state index contributed by atoms with van der Waals surface area (Å²) in [6, 6.07) is 18.3. The second kappa shape index (κ2) is 8.88. The van der Waals surface area contributed by atoms with Gasteiger partial charge < -0.3 is 4.74 Å². The van der Waals surface area contributed by atoms with Crippen LogP contribution in [0.4, 0.5) is 0 Å². The monoisotopic (exact) mass is 414 g/mol. The molecule has 2 heterocycles. The SMILES string of the molecule is C=CCN=c1scc(-c2ccc3cc(OC)ccc3c2)n1N=C(C)c1ccccn1. The van der Waals surface area contributed by atoms with Crippen molar-refractivity contribution in [2.45, 2.75) is 6.92 Å². The molecule has 2 aromatic carbocycles. The molecule has 4 aromatic rings. The van der Waals surface area contributed by atoms with E-state index in [-0.39, 0.29) is 0 Å². The van der Waals surface area contributed by atoms with Gasteiger partial charge in [0.1, 0.15) is 5.75 Å². The quantitative estimate of drug-likeness (QED) is 0.324. The van der Waals surface area contributed by atoms with E-state index < -0.39 is 0 Å². The Morgan fingerprint density at radius 2 is 2.00 bits per heavy atom. The van der Waals surface area contributed by atoms with Crippen LogP contribution in [0.2, 0.25) is 0 Å². The van der Waals surface area contributed by atoms with Gasteiger partial charge in [0, 0.05) is 17.1 Å². The van der Waals surface area contributed by atoms with Gasteiger partial charge in [0.2, 0.25) is 4.80 Å². The van der Waals surface area contributed by atoms with E-state index in [2.05, 4.69) is 46.2 Å². The fourth-order valence-corrected chi connectivity index (χ4v) is 3.97. The Balaban J connectivity index is 1.85. The smallest absolute Gasteiger partial charge is 0.206 e. The molecule has 0 amide bonds. The van der Waals surface area contributed by atoms with Gasteiger partial charge in [-0.05, 0) is 48.0 Å². The van der Waals surface area contributed by atoms with Gasteiger partial charge in [-0.2, -0.15) is 5.10 Å². The maximum absolute atomic E-state index is 5.34. The lowest BCUT2D eigenvalue weighted by atomic mass is 10.1. The summed E-state index contributed by atoms with van der Waals surface area (Å²) < 4.78 is 7.23. The fraction of sp³-hybridized carbons (Fsp3) is 0.125. The van der Waals surface area contributed by atoms with Crippen molar-refractivity contribution in [2.75, 3.05) is 13.7 Å². The second-order valence-corrected chi connectivity index (χ2v) is 7.51. The standard InChI is InChI=1S/C24H22N4OS/c1-4-12-26-24-28(27-17(2)22-7-5-6-13-25-22)23(16-30-24)20-9-8-19-15-21(29-3)11-10-18(19)14-20/h4-11,13-16H,1,12H2,2-3H3. The molecule has 5 nitrogen and oxygen atoms in total. The van der Waals surface area contributed by atoms with Crippen LogP contribution in [-0.4, -0.2) is 29.0 Å². The lowest BCUT2D eigenvalue weighted by Gasteiger charge is -2.08. The van der Waals surface area contributed by atoms with E-state index in [1.807, 2.05) is 41.9 Å². The number of aromatic nitrogens is 2. The maximum atomic E-state index is 5.34. The highest BCUT2D eigenvalue weighted by atomic mass is 32.1. The molecule has 0 aliphatic rings. The summed E-state index contributed by atoms with van der Waals surface area (Å²) in [5, 5.41) is 9.21. The van der Waals surface area contributed by atoms with Gasteiger partial charge in [-0.1, -0.05) is 30.3 Å². The zero-order valence-corrected chi connectivity index (χ0v) is 17.8. The van der Waals surface area contributed by atoms with Crippen LogP contribution >= 0.6 is 11.3 Å². The van der Waals surface area contributed by atoms with Crippen LogP contribution in [0.25, 0.3) is 22.0 Å². The highest BCUT2D eigenvalue weighted by Gasteiger charge is 2.10. The van der Waals surface area contributed by atoms with Crippen molar-refractivity contribution in [1.29, 1.82) is 0 Å². The number of benzene rings is 2. The van der Waals surface area contributed by atoms with Gasteiger partial charge in [-0.15, -0.1) is 17.9 Å². The molecule has 30 heavy (non-hydrogen) atoms. The van der Waals surface area contributed by atoms with E-state index in [1.54, 1.807) is 30.7 Å². The predicted molar refractivity (Wildman–Crippen MR) is 124 cm³/mol. The first-order valence-corrected chi connectivity index (χ1v) is 10.4. The molecule has 0 aliphatic heterocycles. The number of pyridine rings is 1. The average Bonchev–Trinajstić information content (AvgIpc) is 3.19. The molecule has 2 aromatic heterocycles. The van der Waals surface area contributed by atoms with Gasteiger partial charge in [0.15, 0.2) is 0 Å². The molecule has 4 rings (SSSR count). The van der Waals surface area contributed by atoms with E-state index in [1.165, 1.54) is 0 Å². The van der Waals surface area contributed by atoms with Crippen molar-refractivity contribution in [2.24, 2.45) is 10.1 Å². The summed E-state index contributed by atoms with van der Waals surface area (Å²) in [5.74, 6) is 0.849. The summed E-state index contributed by atoms with van der Waals surface area (Å²) in [7, 11) is 1.68. The van der Waals surface area contributed by atoms with Crippen LogP contribution in [0.3, 0.4) is 0 Å². The summed E-state index contributed by atoms with van der Waals surface area (Å²) in [5.41, 5.74) is 3.71. The van der Waals surface area contributed by atoms with Crippen molar-refractivity contribution < 1.29 is 4.74 Å². The molecular weight excluding hydrogens is 392 g/mol. The first-order chi connectivity index (χ1) is 14.7. The third-order valence-corrected chi connectivity index (χ3v) is 5.52. The summed E-state index contributed by atoms with van der Waals surface area (Å²) in [6.07, 6.45) is 3.55. The minimum absolute atomic E-state index is 0.537. The maximum Gasteiger partial charge on any atom is 0.206 e. The van der Waals surface area contributed by atoms with Crippen LogP contribution in [0.15, 0.2) is 88.9 Å². The Hall–Kier alpha value is -3.51. The molecule has 6 heteroatoms. The zero-order chi connectivity index (χ0) is 20.9. The molecule has 0 saturated carbocycles. The molecule has 0 N–H and O–H groups in total. The van der Waals surface area contributed by atoms with E-state index in [4.69, 9.17) is 9.84 Å². The normalized spacial score (nSPS) is 12.3. The number of hydrogen-bond acceptors (Lipinski definition) is 5. The van der Waals surface area contributed by atoms with Gasteiger partial charge in [0.25, 0.3) is 0 Å². The molecule has 0 aliphatic carbocycles. The summed E-state index contributed by atoms with van der Waals surface area (Å²) in [4.78, 5) is 9.85. The van der Waals surface area contributed by atoms with Crippen LogP contribution < -0.4 is 9.54 Å². The Kier molecular flexibility index (Phi) is 5.86. The molecular formula is C24H22N4OS. The minimum atomic E-state index is 0.537. The van der Waals surface area contributed by atoms with E-state index in [0.717, 1.165) is 44.0 Å². The van der Waals surface area contributed by atoms with E-state index in [0.29, 0.717) is 6.54 Å². The number of nitrogens with zero attached hydrogens (tertiary/aromatic N) is 4. The number of rotatable bonds is 6. The molecule has 0 fully saturated rings. The Labute approximate surface area is 179 Å². The number of thiazole rings is 1. The average molecular weight is 415 g/mol. The molecule has 0 spiro atoms. The Morgan fingerprint density at radius 1 is 1.17 bits per heavy atom. The Morgan fingerprint density at radius 3 is 2.77 bits per heavy atom. The summed E-state index contributed by atoms with van der Waals surface area (Å²) in [6.45, 7) is 6.27. The fourth-order valence-electron chi connectivity index (χ4n) is 3.13. The highest BCUT2D eigenvalue weighted by Crippen LogP contribution is 2.27. The van der Waals surface area contributed by atoms with Gasteiger partial charge in [-0.3, -0.25) is 9.98 Å². The van der Waals surface area contributed by atoms with Crippen molar-refractivity contribution in [3.8, 4) is 17.0 Å². The van der Waals surface area contributed by atoms with Crippen LogP contribution in [-0.2, 0) is 0 Å². The molecule has 0 unspecified atom stereocenters. The number of ether oxygens (including phenoxy) is 1. The zero-order valence-electron chi connectivity index (χ0n) is 16.9. The number of methoxy groups -OCH3 is 1. The minimum Gasteiger partial charge on any atom is -0.497 e. The van der Waals surface area contributed by atoms with Gasteiger partial charge >= 0.3 is 0 Å². The van der Waals surface area contributed by atoms with Crippen molar-refractivity contribution in [3.63, 3.8) is 0 Å². The molecule has 0 bridgehead atoms. The molecule has 0 saturated heterocycles. The highest BCUT2D eigenvalue weighted by molar-refractivity contribution is 7.07. The lowest BCUT2D eigenvalue weighted by molar-refractivity contribution is 0.415. The van der Waals surface area contributed by atoms with Crippen molar-refractivity contribution in [1.82, 2.24) is 9.66 Å². The lowest BCUT2D eigenvalue weighted by Crippen LogP contribution is -2.15. The third kappa shape index (κ3) is 4.09. The third-order valence-electron chi connectivity index (χ3n) is 4.67. The summed E-state index contributed by atoms with van der Waals surface area (Å²) >= 11 is 1.56. The van der Waals surface area contributed by atoms with E-state index in [9.17, 15) is 0 Å². The molecule has 0 atom stereocenters. The number of hydrogen-bond donors (Lipinski definition) is 0. The van der Waals surface area contributed by atoms with Crippen molar-refractivity contribution >= 4 is 27.8 Å². The van der Waals surface area contributed by atoms with Gasteiger partial charge in [-0.25, -0.2) is 4.68 Å². The number of fused-ring (bicyclic) bond motifs is 1. The molecule has 150 valence electrons. The first-order valence-electron chi connectivity index (χ1n) is 9.56. The van der Waals surface area contributed by atoms with E-state index >= 15 is 0 Å². The Bertz CT molecular complexity index is 1290.